The first-order valence-electron chi connectivity index (χ1n) is 6.01. The highest BCUT2D eigenvalue weighted by atomic mass is 32.2. The maximum atomic E-state index is 11.7. The average molecular weight is 306 g/mol. The number of methoxy groups -OCH3 is 1. The molecule has 0 bridgehead atoms. The second-order valence-corrected chi connectivity index (χ2v) is 6.19. The molecule has 0 spiro atoms. The van der Waals surface area contributed by atoms with Crippen molar-refractivity contribution in [2.45, 2.75) is 12.8 Å². The van der Waals surface area contributed by atoms with Gasteiger partial charge in [-0.15, -0.1) is 6.58 Å². The lowest BCUT2D eigenvalue weighted by atomic mass is 10.0. The quantitative estimate of drug-likeness (QED) is 0.524. The van der Waals surface area contributed by atoms with Gasteiger partial charge in [0.25, 0.3) is 0 Å². The van der Waals surface area contributed by atoms with Gasteiger partial charge in [-0.05, 0) is 30.2 Å². The van der Waals surface area contributed by atoms with Crippen LogP contribution >= 0.6 is 24.0 Å². The highest BCUT2D eigenvalue weighted by Crippen LogP contribution is 2.36. The van der Waals surface area contributed by atoms with Crippen molar-refractivity contribution in [2.75, 3.05) is 7.11 Å². The zero-order valence-corrected chi connectivity index (χ0v) is 12.6. The lowest BCUT2D eigenvalue weighted by molar-refractivity contribution is -0.113. The van der Waals surface area contributed by atoms with E-state index in [9.17, 15) is 9.90 Å². The SMILES string of the molecule is C=CCc1cc(/C=C2/SC(=S)CC2=O)cc(OC)c1O. The van der Waals surface area contributed by atoms with E-state index in [0.29, 0.717) is 33.3 Å². The van der Waals surface area contributed by atoms with E-state index in [-0.39, 0.29) is 11.5 Å². The van der Waals surface area contributed by atoms with Gasteiger partial charge in [-0.25, -0.2) is 0 Å². The molecule has 0 unspecified atom stereocenters. The molecule has 1 aromatic rings. The number of thioether (sulfide) groups is 1. The van der Waals surface area contributed by atoms with E-state index in [0.717, 1.165) is 5.56 Å². The Morgan fingerprint density at radius 2 is 2.30 bits per heavy atom. The Morgan fingerprint density at radius 3 is 2.85 bits per heavy atom. The van der Waals surface area contributed by atoms with Crippen molar-refractivity contribution in [3.63, 3.8) is 0 Å². The van der Waals surface area contributed by atoms with E-state index >= 15 is 0 Å². The third-order valence-corrected chi connectivity index (χ3v) is 4.19. The second kappa shape index (κ2) is 6.24. The number of hydrogen-bond acceptors (Lipinski definition) is 5. The van der Waals surface area contributed by atoms with E-state index < -0.39 is 0 Å². The van der Waals surface area contributed by atoms with Crippen LogP contribution < -0.4 is 4.74 Å². The normalized spacial score (nSPS) is 16.8. The number of hydrogen-bond donors (Lipinski definition) is 1. The van der Waals surface area contributed by atoms with Gasteiger partial charge in [0.2, 0.25) is 0 Å². The number of thiocarbonyl (C=S) groups is 1. The summed E-state index contributed by atoms with van der Waals surface area (Å²) in [5, 5.41) is 10.0. The standard InChI is InChI=1S/C15H14O3S2/c1-3-4-10-5-9(6-12(18-2)15(10)17)7-13-11(16)8-14(19)20-13/h3,5-7,17H,1,4,8H2,2H3/b13-7+. The minimum absolute atomic E-state index is 0.0392. The molecule has 0 radical (unpaired) electrons. The van der Waals surface area contributed by atoms with Crippen molar-refractivity contribution < 1.29 is 14.6 Å². The topological polar surface area (TPSA) is 46.5 Å². The maximum absolute atomic E-state index is 11.7. The van der Waals surface area contributed by atoms with E-state index in [2.05, 4.69) is 6.58 Å². The minimum Gasteiger partial charge on any atom is -0.504 e. The smallest absolute Gasteiger partial charge is 0.175 e. The number of carbonyl (C=O) groups is 1. The molecule has 1 aliphatic rings. The molecule has 1 heterocycles. The Labute approximate surface area is 127 Å². The van der Waals surface area contributed by atoms with Gasteiger partial charge in [-0.2, -0.15) is 0 Å². The van der Waals surface area contributed by atoms with Crippen LogP contribution in [0, 0.1) is 0 Å². The van der Waals surface area contributed by atoms with Crippen molar-refractivity contribution >= 4 is 40.0 Å². The fraction of sp³-hybridized carbons (Fsp3) is 0.200. The van der Waals surface area contributed by atoms with E-state index in [4.69, 9.17) is 17.0 Å². The predicted octanol–water partition coefficient (Wildman–Crippen LogP) is 3.50. The molecule has 0 atom stereocenters. The van der Waals surface area contributed by atoms with Crippen LogP contribution in [0.25, 0.3) is 6.08 Å². The third kappa shape index (κ3) is 3.11. The highest BCUT2D eigenvalue weighted by Gasteiger charge is 2.23. The van der Waals surface area contributed by atoms with Gasteiger partial charge in [0, 0.05) is 5.56 Å². The first kappa shape index (κ1) is 14.8. The van der Waals surface area contributed by atoms with Crippen molar-refractivity contribution in [1.82, 2.24) is 0 Å². The van der Waals surface area contributed by atoms with E-state index in [1.165, 1.54) is 18.9 Å². The summed E-state index contributed by atoms with van der Waals surface area (Å²) in [5.74, 6) is 0.530. The minimum atomic E-state index is 0.0392. The number of aromatic hydroxyl groups is 1. The summed E-state index contributed by atoms with van der Waals surface area (Å²) in [4.78, 5) is 12.4. The lowest BCUT2D eigenvalue weighted by Crippen LogP contribution is -1.93. The molecule has 0 saturated carbocycles. The number of ether oxygens (including phenoxy) is 1. The number of phenolic OH excluding ortho intramolecular Hbond substituents is 1. The number of allylic oxidation sites excluding steroid dienone is 2. The molecular formula is C15H14O3S2. The number of ketones is 1. The molecule has 0 amide bonds. The van der Waals surface area contributed by atoms with Crippen molar-refractivity contribution in [3.05, 3.63) is 40.8 Å². The fourth-order valence-corrected chi connectivity index (χ4v) is 3.16. The molecule has 0 aliphatic carbocycles. The van der Waals surface area contributed by atoms with Gasteiger partial charge in [-0.3, -0.25) is 4.79 Å². The van der Waals surface area contributed by atoms with Crippen LogP contribution in [0.5, 0.6) is 11.5 Å². The summed E-state index contributed by atoms with van der Waals surface area (Å²) in [6.45, 7) is 3.66. The van der Waals surface area contributed by atoms with Gasteiger partial charge < -0.3 is 9.84 Å². The Balaban J connectivity index is 2.44. The molecule has 3 nitrogen and oxygen atoms in total. The number of carbonyl (C=O) groups excluding carboxylic acids is 1. The average Bonchev–Trinajstić information content (AvgIpc) is 2.71. The predicted molar refractivity (Wildman–Crippen MR) is 86.3 cm³/mol. The number of phenols is 1. The summed E-state index contributed by atoms with van der Waals surface area (Å²) in [7, 11) is 1.49. The first-order valence-corrected chi connectivity index (χ1v) is 7.24. The molecule has 1 aliphatic heterocycles. The lowest BCUT2D eigenvalue weighted by Gasteiger charge is -2.09. The Bertz CT molecular complexity index is 618. The largest absolute Gasteiger partial charge is 0.504 e. The molecule has 1 N–H and O–H groups in total. The van der Waals surface area contributed by atoms with Gasteiger partial charge >= 0.3 is 0 Å². The van der Waals surface area contributed by atoms with Gasteiger partial charge in [0.15, 0.2) is 17.3 Å². The molecule has 5 heteroatoms. The number of Topliss-reactive ketones (excluding diaryl/α,β-unsaturated/α-hetero) is 1. The molecular weight excluding hydrogens is 292 g/mol. The number of rotatable bonds is 4. The molecule has 1 aromatic carbocycles. The monoisotopic (exact) mass is 306 g/mol. The van der Waals surface area contributed by atoms with Crippen LogP contribution in [0.1, 0.15) is 17.5 Å². The zero-order valence-electron chi connectivity index (χ0n) is 11.0. The van der Waals surface area contributed by atoms with Crippen molar-refractivity contribution in [3.8, 4) is 11.5 Å². The van der Waals surface area contributed by atoms with E-state index in [1.54, 1.807) is 18.2 Å². The highest BCUT2D eigenvalue weighted by molar-refractivity contribution is 8.27. The van der Waals surface area contributed by atoms with Gasteiger partial charge in [0.1, 0.15) is 0 Å². The van der Waals surface area contributed by atoms with E-state index in [1.807, 2.05) is 6.07 Å². The molecule has 1 fully saturated rings. The Hall–Kier alpha value is -1.59. The van der Waals surface area contributed by atoms with Crippen LogP contribution in [0.3, 0.4) is 0 Å². The summed E-state index contributed by atoms with van der Waals surface area (Å²) in [6.07, 6.45) is 4.33. The summed E-state index contributed by atoms with van der Waals surface area (Å²) in [5.41, 5.74) is 1.52. The fourth-order valence-electron chi connectivity index (χ4n) is 1.93. The van der Waals surface area contributed by atoms with Crippen LogP contribution in [0.2, 0.25) is 0 Å². The van der Waals surface area contributed by atoms with Crippen LogP contribution in [-0.4, -0.2) is 22.2 Å². The van der Waals surface area contributed by atoms with Crippen molar-refractivity contribution in [1.29, 1.82) is 0 Å². The molecule has 20 heavy (non-hydrogen) atoms. The Kier molecular flexibility index (Phi) is 4.62. The molecule has 1 saturated heterocycles. The molecule has 2 rings (SSSR count). The summed E-state index contributed by atoms with van der Waals surface area (Å²) < 4.78 is 5.85. The number of benzene rings is 1. The molecule has 0 aromatic heterocycles. The second-order valence-electron chi connectivity index (χ2n) is 4.31. The van der Waals surface area contributed by atoms with Crippen LogP contribution in [0.4, 0.5) is 0 Å². The zero-order chi connectivity index (χ0) is 14.7. The van der Waals surface area contributed by atoms with Gasteiger partial charge in [-0.1, -0.05) is 30.1 Å². The summed E-state index contributed by atoms with van der Waals surface area (Å²) in [6, 6.07) is 3.52. The first-order chi connectivity index (χ1) is 9.55. The Morgan fingerprint density at radius 1 is 1.55 bits per heavy atom. The molecule has 104 valence electrons. The maximum Gasteiger partial charge on any atom is 0.175 e. The van der Waals surface area contributed by atoms with Crippen molar-refractivity contribution in [2.24, 2.45) is 0 Å². The van der Waals surface area contributed by atoms with Crippen LogP contribution in [-0.2, 0) is 11.2 Å². The van der Waals surface area contributed by atoms with Gasteiger partial charge in [0.05, 0.1) is 22.6 Å². The third-order valence-electron chi connectivity index (χ3n) is 2.86. The van der Waals surface area contributed by atoms with Crippen LogP contribution in [0.15, 0.2) is 29.7 Å². The summed E-state index contributed by atoms with van der Waals surface area (Å²) >= 11 is 6.37.